The summed E-state index contributed by atoms with van der Waals surface area (Å²) in [5.74, 6) is -0.223. The van der Waals surface area contributed by atoms with Crippen LogP contribution >= 0.6 is 12.2 Å². The van der Waals surface area contributed by atoms with Crippen molar-refractivity contribution in [3.63, 3.8) is 0 Å². The summed E-state index contributed by atoms with van der Waals surface area (Å²) in [7, 11) is 0. The summed E-state index contributed by atoms with van der Waals surface area (Å²) in [6.07, 6.45) is 0. The molecule has 3 aromatic rings. The van der Waals surface area contributed by atoms with Crippen LogP contribution in [-0.2, 0) is 0 Å². The summed E-state index contributed by atoms with van der Waals surface area (Å²) in [5, 5.41) is 8.08. The first-order valence-corrected chi connectivity index (χ1v) is 7.29. The van der Waals surface area contributed by atoms with Crippen LogP contribution in [0.25, 0.3) is 10.8 Å². The zero-order chi connectivity index (χ0) is 15.4. The molecule has 2 N–H and O–H groups in total. The summed E-state index contributed by atoms with van der Waals surface area (Å²) in [4.78, 5) is 12.3. The molecule has 0 saturated heterocycles. The van der Waals surface area contributed by atoms with Crippen LogP contribution in [0.3, 0.4) is 0 Å². The number of para-hydroxylation sites is 1. The highest BCUT2D eigenvalue weighted by Crippen LogP contribution is 2.15. The largest absolute Gasteiger partial charge is 0.332 e. The van der Waals surface area contributed by atoms with E-state index in [9.17, 15) is 4.79 Å². The van der Waals surface area contributed by atoms with E-state index in [1.54, 1.807) is 6.07 Å². The quantitative estimate of drug-likeness (QED) is 0.704. The Morgan fingerprint density at radius 2 is 1.50 bits per heavy atom. The Balaban J connectivity index is 1.71. The normalized spacial score (nSPS) is 10.2. The summed E-state index contributed by atoms with van der Waals surface area (Å²) < 4.78 is 0. The molecule has 0 aliphatic rings. The number of amides is 1. The zero-order valence-corrected chi connectivity index (χ0v) is 12.6. The highest BCUT2D eigenvalue weighted by molar-refractivity contribution is 7.80. The minimum atomic E-state index is -0.223. The van der Waals surface area contributed by atoms with Gasteiger partial charge in [0.25, 0.3) is 5.91 Å². The third-order valence-electron chi connectivity index (χ3n) is 3.27. The second-order valence-corrected chi connectivity index (χ2v) is 5.24. The molecule has 0 unspecified atom stereocenters. The number of thiocarbonyl (C=S) groups is 1. The first-order valence-electron chi connectivity index (χ1n) is 6.88. The highest BCUT2D eigenvalue weighted by Gasteiger charge is 2.08. The van der Waals surface area contributed by atoms with Gasteiger partial charge in [-0.1, -0.05) is 48.5 Å². The van der Waals surface area contributed by atoms with E-state index < -0.39 is 0 Å². The van der Waals surface area contributed by atoms with E-state index in [1.807, 2.05) is 66.7 Å². The van der Waals surface area contributed by atoms with Crippen molar-refractivity contribution in [1.29, 1.82) is 0 Å². The molecule has 22 heavy (non-hydrogen) atoms. The van der Waals surface area contributed by atoms with Crippen molar-refractivity contribution in [2.75, 3.05) is 5.32 Å². The van der Waals surface area contributed by atoms with Crippen LogP contribution in [-0.4, -0.2) is 11.0 Å². The second kappa shape index (κ2) is 6.37. The fourth-order valence-corrected chi connectivity index (χ4v) is 2.40. The van der Waals surface area contributed by atoms with Crippen LogP contribution in [0.2, 0.25) is 0 Å². The Labute approximate surface area is 134 Å². The molecule has 108 valence electrons. The van der Waals surface area contributed by atoms with Crippen molar-refractivity contribution < 1.29 is 4.79 Å². The maximum atomic E-state index is 12.3. The molecule has 0 saturated carbocycles. The average Bonchev–Trinajstić information content (AvgIpc) is 2.55. The van der Waals surface area contributed by atoms with Gasteiger partial charge in [0.15, 0.2) is 5.11 Å². The van der Waals surface area contributed by atoms with Gasteiger partial charge in [0, 0.05) is 11.3 Å². The molecule has 0 aromatic heterocycles. The maximum Gasteiger partial charge on any atom is 0.257 e. The van der Waals surface area contributed by atoms with E-state index in [4.69, 9.17) is 12.2 Å². The zero-order valence-electron chi connectivity index (χ0n) is 11.7. The standard InChI is InChI=1S/C18H14N2OS/c21-17(20-18(22)19-16-8-2-1-3-9-16)15-11-10-13-6-4-5-7-14(13)12-15/h1-12H,(H2,19,20,21,22). The van der Waals surface area contributed by atoms with E-state index in [0.29, 0.717) is 5.56 Å². The third kappa shape index (κ3) is 3.30. The third-order valence-corrected chi connectivity index (χ3v) is 3.47. The molecular formula is C18H14N2OS. The van der Waals surface area contributed by atoms with Crippen molar-refractivity contribution in [2.24, 2.45) is 0 Å². The molecular weight excluding hydrogens is 292 g/mol. The molecule has 3 rings (SSSR count). The van der Waals surface area contributed by atoms with Crippen molar-refractivity contribution in [3.8, 4) is 0 Å². The minimum Gasteiger partial charge on any atom is -0.332 e. The number of carbonyl (C=O) groups excluding carboxylic acids is 1. The van der Waals surface area contributed by atoms with Crippen molar-refractivity contribution in [1.82, 2.24) is 5.32 Å². The fourth-order valence-electron chi connectivity index (χ4n) is 2.19. The highest BCUT2D eigenvalue weighted by atomic mass is 32.1. The van der Waals surface area contributed by atoms with Gasteiger partial charge in [0.2, 0.25) is 0 Å². The fraction of sp³-hybridized carbons (Fsp3) is 0. The predicted octanol–water partition coefficient (Wildman–Crippen LogP) is 3.97. The monoisotopic (exact) mass is 306 g/mol. The van der Waals surface area contributed by atoms with E-state index >= 15 is 0 Å². The van der Waals surface area contributed by atoms with Gasteiger partial charge < -0.3 is 5.32 Å². The number of fused-ring (bicyclic) bond motifs is 1. The number of benzene rings is 3. The summed E-state index contributed by atoms with van der Waals surface area (Å²) in [5.41, 5.74) is 1.42. The molecule has 1 amide bonds. The van der Waals surface area contributed by atoms with Gasteiger partial charge in [-0.3, -0.25) is 10.1 Å². The lowest BCUT2D eigenvalue weighted by Gasteiger charge is -2.09. The Bertz CT molecular complexity index is 831. The van der Waals surface area contributed by atoms with E-state index in [-0.39, 0.29) is 11.0 Å². The lowest BCUT2D eigenvalue weighted by molar-refractivity contribution is 0.0978. The molecule has 3 nitrogen and oxygen atoms in total. The predicted molar refractivity (Wildman–Crippen MR) is 94.1 cm³/mol. The van der Waals surface area contributed by atoms with Crippen LogP contribution < -0.4 is 10.6 Å². The van der Waals surface area contributed by atoms with E-state index in [2.05, 4.69) is 10.6 Å². The molecule has 0 fully saturated rings. The molecule has 0 atom stereocenters. The molecule has 0 radical (unpaired) electrons. The van der Waals surface area contributed by atoms with Crippen LogP contribution in [0.15, 0.2) is 72.8 Å². The molecule has 0 aliphatic carbocycles. The van der Waals surface area contributed by atoms with Crippen LogP contribution in [0.5, 0.6) is 0 Å². The van der Waals surface area contributed by atoms with Crippen molar-refractivity contribution >= 4 is 39.7 Å². The Kier molecular flexibility index (Phi) is 4.12. The van der Waals surface area contributed by atoms with E-state index in [0.717, 1.165) is 16.5 Å². The summed E-state index contributed by atoms with van der Waals surface area (Å²) in [6.45, 7) is 0. The second-order valence-electron chi connectivity index (χ2n) is 4.84. The lowest BCUT2D eigenvalue weighted by Crippen LogP contribution is -2.34. The molecule has 0 heterocycles. The Morgan fingerprint density at radius 3 is 2.27 bits per heavy atom. The van der Waals surface area contributed by atoms with E-state index in [1.165, 1.54) is 0 Å². The van der Waals surface area contributed by atoms with Gasteiger partial charge >= 0.3 is 0 Å². The van der Waals surface area contributed by atoms with Gasteiger partial charge in [-0.25, -0.2) is 0 Å². The van der Waals surface area contributed by atoms with Gasteiger partial charge in [0.05, 0.1) is 0 Å². The van der Waals surface area contributed by atoms with Crippen LogP contribution in [0.1, 0.15) is 10.4 Å². The number of anilines is 1. The van der Waals surface area contributed by atoms with Gasteiger partial charge in [0.1, 0.15) is 0 Å². The molecule has 4 heteroatoms. The number of hydrogen-bond donors (Lipinski definition) is 2. The van der Waals surface area contributed by atoms with Crippen LogP contribution in [0, 0.1) is 0 Å². The SMILES string of the molecule is O=C(NC(=S)Nc1ccccc1)c1ccc2ccccc2c1. The number of carbonyl (C=O) groups is 1. The number of nitrogens with one attached hydrogen (secondary N) is 2. The van der Waals surface area contributed by atoms with Gasteiger partial charge in [-0.2, -0.15) is 0 Å². The molecule has 0 spiro atoms. The average molecular weight is 306 g/mol. The lowest BCUT2D eigenvalue weighted by atomic mass is 10.1. The topological polar surface area (TPSA) is 41.1 Å². The minimum absolute atomic E-state index is 0.223. The summed E-state index contributed by atoms with van der Waals surface area (Å²) >= 11 is 5.17. The van der Waals surface area contributed by atoms with Gasteiger partial charge in [-0.05, 0) is 47.3 Å². The Hall–Kier alpha value is -2.72. The summed E-state index contributed by atoms with van der Waals surface area (Å²) in [6, 6.07) is 23.0. The molecule has 3 aromatic carbocycles. The molecule has 0 bridgehead atoms. The first kappa shape index (κ1) is 14.2. The Morgan fingerprint density at radius 1 is 0.818 bits per heavy atom. The molecule has 0 aliphatic heterocycles. The van der Waals surface area contributed by atoms with Crippen LogP contribution in [0.4, 0.5) is 5.69 Å². The smallest absolute Gasteiger partial charge is 0.257 e. The van der Waals surface area contributed by atoms with Gasteiger partial charge in [-0.15, -0.1) is 0 Å². The number of hydrogen-bond acceptors (Lipinski definition) is 2. The van der Waals surface area contributed by atoms with Crippen molar-refractivity contribution in [2.45, 2.75) is 0 Å². The van der Waals surface area contributed by atoms with Crippen molar-refractivity contribution in [3.05, 3.63) is 78.4 Å². The maximum absolute atomic E-state index is 12.3. The number of rotatable bonds is 2. The first-order chi connectivity index (χ1) is 10.7.